The summed E-state index contributed by atoms with van der Waals surface area (Å²) in [7, 11) is 0. The molecular weight excluding hydrogens is 425 g/mol. The number of H-pyrrole nitrogens is 1. The molecule has 1 atom stereocenters. The molecule has 3 aromatic heterocycles. The summed E-state index contributed by atoms with van der Waals surface area (Å²) in [4.78, 5) is 28.3. The molecule has 0 unspecified atom stereocenters. The van der Waals surface area contributed by atoms with Crippen LogP contribution < -0.4 is 10.4 Å². The van der Waals surface area contributed by atoms with E-state index in [2.05, 4.69) is 19.9 Å². The van der Waals surface area contributed by atoms with Gasteiger partial charge in [-0.3, -0.25) is 9.13 Å². The number of hydrogen-bond donors (Lipinski definition) is 1. The number of aromatic nitrogens is 6. The predicted molar refractivity (Wildman–Crippen MR) is 107 cm³/mol. The van der Waals surface area contributed by atoms with Crippen LogP contribution in [-0.2, 0) is 0 Å². The highest BCUT2D eigenvalue weighted by Gasteiger charge is 2.29. The number of para-hydroxylation sites is 1. The molecule has 6 rings (SSSR count). The molecular formula is C21H13F3N6O2. The van der Waals surface area contributed by atoms with Gasteiger partial charge in [-0.05, 0) is 6.07 Å². The van der Waals surface area contributed by atoms with Gasteiger partial charge in [-0.25, -0.2) is 27.9 Å². The van der Waals surface area contributed by atoms with Crippen molar-refractivity contribution < 1.29 is 17.9 Å². The second-order valence-corrected chi connectivity index (χ2v) is 7.39. The second kappa shape index (κ2) is 6.67. The van der Waals surface area contributed by atoms with Crippen LogP contribution in [0.5, 0.6) is 5.75 Å². The van der Waals surface area contributed by atoms with Crippen LogP contribution in [0.25, 0.3) is 28.1 Å². The highest BCUT2D eigenvalue weighted by Crippen LogP contribution is 2.36. The monoisotopic (exact) mass is 438 g/mol. The minimum absolute atomic E-state index is 0.109. The lowest BCUT2D eigenvalue weighted by Crippen LogP contribution is -2.28. The van der Waals surface area contributed by atoms with E-state index in [1.165, 1.54) is 27.7 Å². The van der Waals surface area contributed by atoms with Crippen LogP contribution in [0, 0.1) is 17.5 Å². The Balaban J connectivity index is 1.55. The normalized spacial score (nSPS) is 15.8. The summed E-state index contributed by atoms with van der Waals surface area (Å²) in [6.45, 7) is 0.229. The number of fused-ring (bicyclic) bond motifs is 3. The number of halogens is 3. The molecule has 8 nitrogen and oxygen atoms in total. The van der Waals surface area contributed by atoms with Crippen molar-refractivity contribution in [3.63, 3.8) is 0 Å². The van der Waals surface area contributed by atoms with Gasteiger partial charge in [-0.1, -0.05) is 12.1 Å². The van der Waals surface area contributed by atoms with Crippen LogP contribution in [0.1, 0.15) is 18.0 Å². The Morgan fingerprint density at radius 3 is 2.81 bits per heavy atom. The van der Waals surface area contributed by atoms with E-state index >= 15 is 0 Å². The molecule has 0 radical (unpaired) electrons. The summed E-state index contributed by atoms with van der Waals surface area (Å²) in [6, 6.07) is 6.04. The van der Waals surface area contributed by atoms with Crippen molar-refractivity contribution in [2.45, 2.75) is 12.5 Å². The zero-order valence-corrected chi connectivity index (χ0v) is 16.2. The van der Waals surface area contributed by atoms with Crippen molar-refractivity contribution in [3.05, 3.63) is 76.4 Å². The fourth-order valence-corrected chi connectivity index (χ4v) is 4.11. The average molecular weight is 438 g/mol. The molecule has 4 heterocycles. The Kier molecular flexibility index (Phi) is 3.88. The maximum atomic E-state index is 14.2. The first-order valence-electron chi connectivity index (χ1n) is 9.72. The number of hydrogen-bond acceptors (Lipinski definition) is 5. The van der Waals surface area contributed by atoms with E-state index < -0.39 is 29.2 Å². The third-order valence-electron chi connectivity index (χ3n) is 5.56. The quantitative estimate of drug-likeness (QED) is 0.457. The van der Waals surface area contributed by atoms with E-state index in [0.717, 1.165) is 12.1 Å². The van der Waals surface area contributed by atoms with Crippen molar-refractivity contribution in [2.75, 3.05) is 6.61 Å². The van der Waals surface area contributed by atoms with Crippen molar-refractivity contribution >= 4 is 22.2 Å². The van der Waals surface area contributed by atoms with Gasteiger partial charge in [-0.15, -0.1) is 0 Å². The van der Waals surface area contributed by atoms with E-state index in [9.17, 15) is 18.0 Å². The molecule has 0 bridgehead atoms. The number of nitrogens with one attached hydrogen (secondary N) is 1. The first kappa shape index (κ1) is 18.6. The van der Waals surface area contributed by atoms with E-state index in [1.807, 2.05) is 0 Å². The second-order valence-electron chi connectivity index (χ2n) is 7.39. The van der Waals surface area contributed by atoms with Gasteiger partial charge in [0.25, 0.3) is 0 Å². The van der Waals surface area contributed by atoms with E-state index in [1.54, 1.807) is 12.1 Å². The average Bonchev–Trinajstić information content (AvgIpc) is 3.33. The smallest absolute Gasteiger partial charge is 0.328 e. The number of benzene rings is 2. The molecule has 0 saturated carbocycles. The molecule has 0 aliphatic carbocycles. The fourth-order valence-electron chi connectivity index (χ4n) is 4.11. The first-order chi connectivity index (χ1) is 15.5. The number of aromatic amines is 1. The standard InChI is InChI=1S/C21H13F3N6O2/c22-11-3-1-2-10-16(4-5-32-18(10)11)30-19-15(27-21(30)31)8-25-20(28-19)29-9-26-14-6-12(23)13(24)7-17(14)29/h1-3,6-9,16H,4-5H2,(H,27,31)/t16-/m1/s1. The Morgan fingerprint density at radius 1 is 1.09 bits per heavy atom. The predicted octanol–water partition coefficient (Wildman–Crippen LogP) is 3.25. The summed E-state index contributed by atoms with van der Waals surface area (Å²) in [5, 5.41) is 0. The highest BCUT2D eigenvalue weighted by atomic mass is 19.2. The van der Waals surface area contributed by atoms with E-state index in [-0.39, 0.29) is 35.0 Å². The maximum Gasteiger partial charge on any atom is 0.328 e. The van der Waals surface area contributed by atoms with Crippen LogP contribution in [0.15, 0.2) is 47.7 Å². The van der Waals surface area contributed by atoms with E-state index in [0.29, 0.717) is 17.5 Å². The van der Waals surface area contributed by atoms with Crippen LogP contribution in [0.4, 0.5) is 13.2 Å². The van der Waals surface area contributed by atoms with Crippen LogP contribution >= 0.6 is 0 Å². The molecule has 5 aromatic rings. The minimum atomic E-state index is -1.03. The molecule has 160 valence electrons. The summed E-state index contributed by atoms with van der Waals surface area (Å²) in [5.74, 6) is -2.32. The fraction of sp³-hybridized carbons (Fsp3) is 0.143. The minimum Gasteiger partial charge on any atom is -0.490 e. The summed E-state index contributed by atoms with van der Waals surface area (Å²) < 4.78 is 49.9. The van der Waals surface area contributed by atoms with Gasteiger partial charge < -0.3 is 9.72 Å². The summed E-state index contributed by atoms with van der Waals surface area (Å²) in [6.07, 6.45) is 3.20. The Hall–Kier alpha value is -4.15. The summed E-state index contributed by atoms with van der Waals surface area (Å²) >= 11 is 0. The van der Waals surface area contributed by atoms with Gasteiger partial charge in [0, 0.05) is 24.1 Å². The highest BCUT2D eigenvalue weighted by molar-refractivity contribution is 5.77. The van der Waals surface area contributed by atoms with Gasteiger partial charge in [0.05, 0.1) is 29.9 Å². The van der Waals surface area contributed by atoms with Crippen molar-refractivity contribution in [1.29, 1.82) is 0 Å². The molecule has 1 aliphatic rings. The maximum absolute atomic E-state index is 14.2. The van der Waals surface area contributed by atoms with Gasteiger partial charge in [0.2, 0.25) is 5.95 Å². The Labute approximate surface area is 176 Å². The van der Waals surface area contributed by atoms with E-state index in [4.69, 9.17) is 4.74 Å². The van der Waals surface area contributed by atoms with Crippen molar-refractivity contribution in [2.24, 2.45) is 0 Å². The van der Waals surface area contributed by atoms with Crippen molar-refractivity contribution in [1.82, 2.24) is 29.1 Å². The Bertz CT molecular complexity index is 1590. The molecule has 0 saturated heterocycles. The summed E-state index contributed by atoms with van der Waals surface area (Å²) in [5.41, 5.74) is 1.26. The molecule has 0 spiro atoms. The zero-order chi connectivity index (χ0) is 22.0. The molecule has 1 aliphatic heterocycles. The number of nitrogens with zero attached hydrogens (tertiary/aromatic N) is 5. The Morgan fingerprint density at radius 2 is 1.94 bits per heavy atom. The molecule has 11 heteroatoms. The van der Waals surface area contributed by atoms with Gasteiger partial charge in [0.1, 0.15) is 11.8 Å². The molecule has 32 heavy (non-hydrogen) atoms. The number of ether oxygens (including phenoxy) is 1. The molecule has 0 fully saturated rings. The molecule has 1 N–H and O–H groups in total. The first-order valence-corrected chi connectivity index (χ1v) is 9.72. The third kappa shape index (κ3) is 2.63. The molecule has 2 aromatic carbocycles. The van der Waals surface area contributed by atoms with Gasteiger partial charge >= 0.3 is 5.69 Å². The molecule has 0 amide bonds. The number of rotatable bonds is 2. The third-order valence-corrected chi connectivity index (χ3v) is 5.56. The number of imidazole rings is 2. The lowest BCUT2D eigenvalue weighted by molar-refractivity contribution is 0.244. The van der Waals surface area contributed by atoms with Gasteiger partial charge in [0.15, 0.2) is 28.8 Å². The lowest BCUT2D eigenvalue weighted by Gasteiger charge is -2.26. The van der Waals surface area contributed by atoms with Crippen LogP contribution in [0.2, 0.25) is 0 Å². The lowest BCUT2D eigenvalue weighted by atomic mass is 10.00. The topological polar surface area (TPSA) is 90.6 Å². The van der Waals surface area contributed by atoms with Gasteiger partial charge in [-0.2, -0.15) is 4.98 Å². The largest absolute Gasteiger partial charge is 0.490 e. The SMILES string of the molecule is O=c1[nH]c2cnc(-n3cnc4cc(F)c(F)cc43)nc2n1[C@@H]1CCOc2c(F)cccc21. The zero-order valence-electron chi connectivity index (χ0n) is 16.2. The van der Waals surface area contributed by atoms with Crippen LogP contribution in [0.3, 0.4) is 0 Å². The van der Waals surface area contributed by atoms with Crippen LogP contribution in [-0.4, -0.2) is 35.7 Å². The van der Waals surface area contributed by atoms with Crippen molar-refractivity contribution in [3.8, 4) is 11.7 Å².